The van der Waals surface area contributed by atoms with Gasteiger partial charge < -0.3 is 10.6 Å². The molecule has 2 N–H and O–H groups in total. The molecule has 0 aliphatic rings. The monoisotopic (exact) mass is 398 g/mol. The van der Waals surface area contributed by atoms with Crippen molar-refractivity contribution in [3.8, 4) is 0 Å². The van der Waals surface area contributed by atoms with E-state index in [0.29, 0.717) is 11.7 Å². The Morgan fingerprint density at radius 3 is 2.56 bits per heavy atom. The van der Waals surface area contributed by atoms with Crippen LogP contribution in [-0.4, -0.2) is 14.9 Å². The molecule has 0 aliphatic heterocycles. The van der Waals surface area contributed by atoms with Crippen LogP contribution in [0, 0.1) is 20.8 Å². The lowest BCUT2D eigenvalue weighted by molar-refractivity contribution is 0.657. The van der Waals surface area contributed by atoms with Gasteiger partial charge in [-0.15, -0.1) is 0 Å². The van der Waals surface area contributed by atoms with Gasteiger partial charge in [0.1, 0.15) is 0 Å². The Morgan fingerprint density at radius 2 is 1.85 bits per heavy atom. The van der Waals surface area contributed by atoms with Crippen molar-refractivity contribution in [1.29, 1.82) is 0 Å². The fourth-order valence-electron chi connectivity index (χ4n) is 2.91. The zero-order chi connectivity index (χ0) is 19.4. The van der Waals surface area contributed by atoms with E-state index in [1.54, 1.807) is 0 Å². The molecule has 0 saturated heterocycles. The van der Waals surface area contributed by atoms with Gasteiger partial charge in [0, 0.05) is 28.5 Å². The number of aryl methyl sites for hydroxylation is 2. The molecule has 140 valence electrons. The Hall–Kier alpha value is -2.37. The van der Waals surface area contributed by atoms with Crippen molar-refractivity contribution in [2.45, 2.75) is 33.9 Å². The molecule has 4 nitrogen and oxygen atoms in total. The van der Waals surface area contributed by atoms with E-state index in [4.69, 9.17) is 23.8 Å². The lowest BCUT2D eigenvalue weighted by Gasteiger charge is -2.12. The molecular weight excluding hydrogens is 376 g/mol. The molecule has 0 fully saturated rings. The van der Waals surface area contributed by atoms with Crippen molar-refractivity contribution in [2.24, 2.45) is 0 Å². The van der Waals surface area contributed by atoms with E-state index in [1.807, 2.05) is 54.9 Å². The summed E-state index contributed by atoms with van der Waals surface area (Å²) in [6.45, 7) is 7.48. The van der Waals surface area contributed by atoms with E-state index in [-0.39, 0.29) is 0 Å². The lowest BCUT2D eigenvalue weighted by Crippen LogP contribution is -2.28. The molecule has 0 aliphatic carbocycles. The van der Waals surface area contributed by atoms with Gasteiger partial charge in [-0.05, 0) is 56.2 Å². The Kier molecular flexibility index (Phi) is 6.14. The first kappa shape index (κ1) is 19.4. The summed E-state index contributed by atoms with van der Waals surface area (Å²) < 4.78 is 2.04. The van der Waals surface area contributed by atoms with Gasteiger partial charge in [-0.25, -0.2) is 0 Å². The minimum absolute atomic E-state index is 0.560. The smallest absolute Gasteiger partial charge is 0.171 e. The number of hydrogen-bond acceptors (Lipinski definition) is 2. The number of halogens is 1. The Bertz CT molecular complexity index is 950. The molecule has 3 aromatic rings. The van der Waals surface area contributed by atoms with Gasteiger partial charge in [0.15, 0.2) is 5.11 Å². The van der Waals surface area contributed by atoms with Crippen LogP contribution in [0.4, 0.5) is 5.69 Å². The fraction of sp³-hybridized carbons (Fsp3) is 0.238. The maximum atomic E-state index is 6.17. The molecule has 0 saturated carbocycles. The number of benzene rings is 2. The highest BCUT2D eigenvalue weighted by Gasteiger charge is 2.12. The summed E-state index contributed by atoms with van der Waals surface area (Å²) in [5.41, 5.74) is 6.46. The molecule has 27 heavy (non-hydrogen) atoms. The van der Waals surface area contributed by atoms with Gasteiger partial charge in [-0.2, -0.15) is 5.10 Å². The third kappa shape index (κ3) is 4.87. The van der Waals surface area contributed by atoms with E-state index in [1.165, 1.54) is 5.56 Å². The highest BCUT2D eigenvalue weighted by molar-refractivity contribution is 7.80. The maximum Gasteiger partial charge on any atom is 0.171 e. The second-order valence-electron chi connectivity index (χ2n) is 6.56. The van der Waals surface area contributed by atoms with E-state index < -0.39 is 0 Å². The van der Waals surface area contributed by atoms with E-state index in [9.17, 15) is 0 Å². The summed E-state index contributed by atoms with van der Waals surface area (Å²) in [6, 6.07) is 16.1. The van der Waals surface area contributed by atoms with E-state index in [2.05, 4.69) is 34.8 Å². The molecule has 1 aromatic heterocycles. The van der Waals surface area contributed by atoms with Crippen LogP contribution in [0.15, 0.2) is 48.5 Å². The highest BCUT2D eigenvalue weighted by Crippen LogP contribution is 2.20. The molecule has 0 spiro atoms. The molecule has 0 atom stereocenters. The van der Waals surface area contributed by atoms with Gasteiger partial charge >= 0.3 is 0 Å². The SMILES string of the molecule is Cc1ccc(NC(=S)NCc2c(C)nn(Cc3ccccc3)c2C)cc1Cl. The summed E-state index contributed by atoms with van der Waals surface area (Å²) in [6.07, 6.45) is 0. The van der Waals surface area contributed by atoms with Gasteiger partial charge in [0.2, 0.25) is 0 Å². The summed E-state index contributed by atoms with van der Waals surface area (Å²) in [4.78, 5) is 0. The van der Waals surface area contributed by atoms with Crippen LogP contribution in [0.3, 0.4) is 0 Å². The van der Waals surface area contributed by atoms with E-state index >= 15 is 0 Å². The van der Waals surface area contributed by atoms with Crippen LogP contribution >= 0.6 is 23.8 Å². The Balaban J connectivity index is 1.63. The normalized spacial score (nSPS) is 10.7. The molecule has 3 rings (SSSR count). The van der Waals surface area contributed by atoms with Crippen molar-refractivity contribution in [1.82, 2.24) is 15.1 Å². The van der Waals surface area contributed by atoms with Crippen LogP contribution in [-0.2, 0) is 13.1 Å². The number of thiocarbonyl (C=S) groups is 1. The summed E-state index contributed by atoms with van der Waals surface area (Å²) in [5.74, 6) is 0. The van der Waals surface area contributed by atoms with E-state index in [0.717, 1.165) is 39.8 Å². The predicted molar refractivity (Wildman–Crippen MR) is 116 cm³/mol. The fourth-order valence-corrected chi connectivity index (χ4v) is 3.29. The second kappa shape index (κ2) is 8.55. The zero-order valence-corrected chi connectivity index (χ0v) is 17.3. The minimum atomic E-state index is 0.560. The predicted octanol–water partition coefficient (Wildman–Crippen LogP) is 5.00. The van der Waals surface area contributed by atoms with Crippen molar-refractivity contribution in [3.05, 3.63) is 81.6 Å². The van der Waals surface area contributed by atoms with Gasteiger partial charge in [0.05, 0.1) is 12.2 Å². The average Bonchev–Trinajstić information content (AvgIpc) is 2.90. The third-order valence-corrected chi connectivity index (χ3v) is 5.22. The van der Waals surface area contributed by atoms with Crippen molar-refractivity contribution in [2.75, 3.05) is 5.32 Å². The highest BCUT2D eigenvalue weighted by atomic mass is 35.5. The first-order valence-corrected chi connectivity index (χ1v) is 9.60. The van der Waals surface area contributed by atoms with Crippen LogP contribution in [0.25, 0.3) is 0 Å². The summed E-state index contributed by atoms with van der Waals surface area (Å²) >= 11 is 11.6. The molecule has 0 amide bonds. The van der Waals surface area contributed by atoms with Crippen molar-refractivity contribution < 1.29 is 0 Å². The largest absolute Gasteiger partial charge is 0.358 e. The van der Waals surface area contributed by atoms with Crippen LogP contribution < -0.4 is 10.6 Å². The lowest BCUT2D eigenvalue weighted by atomic mass is 10.2. The number of hydrogen-bond donors (Lipinski definition) is 2. The van der Waals surface area contributed by atoms with Gasteiger partial charge in [-0.1, -0.05) is 48.0 Å². The zero-order valence-electron chi connectivity index (χ0n) is 15.7. The number of nitrogens with one attached hydrogen (secondary N) is 2. The molecular formula is C21H23ClN4S. The number of anilines is 1. The first-order valence-electron chi connectivity index (χ1n) is 8.82. The minimum Gasteiger partial charge on any atom is -0.358 e. The second-order valence-corrected chi connectivity index (χ2v) is 7.38. The van der Waals surface area contributed by atoms with Crippen molar-refractivity contribution in [3.63, 3.8) is 0 Å². The average molecular weight is 399 g/mol. The van der Waals surface area contributed by atoms with Crippen LogP contribution in [0.1, 0.15) is 28.1 Å². The molecule has 6 heteroatoms. The quantitative estimate of drug-likeness (QED) is 0.593. The Labute approximate surface area is 170 Å². The summed E-state index contributed by atoms with van der Waals surface area (Å²) in [7, 11) is 0. The number of nitrogens with zero attached hydrogens (tertiary/aromatic N) is 2. The van der Waals surface area contributed by atoms with Crippen molar-refractivity contribution >= 4 is 34.6 Å². The molecule has 1 heterocycles. The number of rotatable bonds is 5. The molecule has 2 aromatic carbocycles. The standard InChI is InChI=1S/C21H23ClN4S/c1-14-9-10-18(11-20(14)22)24-21(27)23-12-19-15(2)25-26(16(19)3)13-17-7-5-4-6-8-17/h4-11H,12-13H2,1-3H3,(H2,23,24,27). The molecule has 0 bridgehead atoms. The van der Waals surface area contributed by atoms with Gasteiger partial charge in [-0.3, -0.25) is 4.68 Å². The topological polar surface area (TPSA) is 41.9 Å². The maximum absolute atomic E-state index is 6.17. The Morgan fingerprint density at radius 1 is 1.11 bits per heavy atom. The van der Waals surface area contributed by atoms with Crippen LogP contribution in [0.5, 0.6) is 0 Å². The summed E-state index contributed by atoms with van der Waals surface area (Å²) in [5, 5.41) is 12.4. The third-order valence-electron chi connectivity index (χ3n) is 4.56. The van der Waals surface area contributed by atoms with Crippen LogP contribution in [0.2, 0.25) is 5.02 Å². The number of aromatic nitrogens is 2. The molecule has 0 unspecified atom stereocenters. The molecule has 0 radical (unpaired) electrons. The first-order chi connectivity index (χ1) is 12.9. The van der Waals surface area contributed by atoms with Gasteiger partial charge in [0.25, 0.3) is 0 Å².